The third kappa shape index (κ3) is 3.89. The number of phenolic OH excluding ortho intramolecular Hbond substituents is 1. The number of hydrogen-bond acceptors (Lipinski definition) is 5. The second kappa shape index (κ2) is 8.06. The number of ether oxygens (including phenoxy) is 1. The molecule has 0 aliphatic rings. The van der Waals surface area contributed by atoms with Crippen molar-refractivity contribution in [1.29, 1.82) is 0 Å². The highest BCUT2D eigenvalue weighted by molar-refractivity contribution is 7.71. The van der Waals surface area contributed by atoms with Crippen molar-refractivity contribution >= 4 is 17.9 Å². The number of methoxy groups -OCH3 is 1. The van der Waals surface area contributed by atoms with Gasteiger partial charge in [0, 0.05) is 14.1 Å². The van der Waals surface area contributed by atoms with Crippen LogP contribution in [-0.4, -0.2) is 41.1 Å². The Morgan fingerprint density at radius 3 is 2.61 bits per heavy atom. The standard InChI is InChI=1S/C21H26N4O2S/c1-13(2)15-7-8-18(26)16(11-15)20-22-23-21(28)25(20)12-14-6-9-19(27-5)17(10-14)24(3)4/h6-11,13,26H,12H2,1-5H3,(H,23,28). The smallest absolute Gasteiger partial charge is 0.195 e. The molecule has 2 N–H and O–H groups in total. The number of H-pyrrole nitrogens is 1. The number of aromatic nitrogens is 3. The highest BCUT2D eigenvalue weighted by Crippen LogP contribution is 2.32. The largest absolute Gasteiger partial charge is 0.507 e. The van der Waals surface area contributed by atoms with Crippen molar-refractivity contribution in [3.63, 3.8) is 0 Å². The first-order valence-electron chi connectivity index (χ1n) is 9.14. The maximum atomic E-state index is 10.4. The molecule has 1 heterocycles. The Bertz CT molecular complexity index is 1040. The van der Waals surface area contributed by atoms with Gasteiger partial charge >= 0.3 is 0 Å². The van der Waals surface area contributed by atoms with Crippen LogP contribution in [0.4, 0.5) is 5.69 Å². The van der Waals surface area contributed by atoms with E-state index in [0.717, 1.165) is 22.6 Å². The van der Waals surface area contributed by atoms with Gasteiger partial charge in [-0.1, -0.05) is 26.0 Å². The van der Waals surface area contributed by atoms with Crippen molar-refractivity contribution in [2.45, 2.75) is 26.3 Å². The van der Waals surface area contributed by atoms with E-state index in [2.05, 4.69) is 30.1 Å². The Kier molecular flexibility index (Phi) is 5.74. The van der Waals surface area contributed by atoms with Gasteiger partial charge in [0.1, 0.15) is 11.5 Å². The molecule has 0 amide bonds. The Labute approximate surface area is 170 Å². The van der Waals surface area contributed by atoms with E-state index in [1.165, 1.54) is 0 Å². The molecule has 2 aromatic carbocycles. The van der Waals surface area contributed by atoms with Crippen LogP contribution in [0.2, 0.25) is 0 Å². The zero-order valence-corrected chi connectivity index (χ0v) is 17.7. The van der Waals surface area contributed by atoms with Crippen LogP contribution in [0.1, 0.15) is 30.9 Å². The van der Waals surface area contributed by atoms with Crippen LogP contribution < -0.4 is 9.64 Å². The van der Waals surface area contributed by atoms with Crippen molar-refractivity contribution < 1.29 is 9.84 Å². The molecule has 28 heavy (non-hydrogen) atoms. The molecular formula is C21H26N4O2S. The van der Waals surface area contributed by atoms with E-state index >= 15 is 0 Å². The molecule has 148 valence electrons. The summed E-state index contributed by atoms with van der Waals surface area (Å²) < 4.78 is 7.85. The van der Waals surface area contributed by atoms with Gasteiger partial charge in [-0.2, -0.15) is 5.10 Å². The molecule has 3 aromatic rings. The lowest BCUT2D eigenvalue weighted by atomic mass is 10.00. The SMILES string of the molecule is COc1ccc(Cn2c(-c3cc(C(C)C)ccc3O)n[nH]c2=S)cc1N(C)C. The summed E-state index contributed by atoms with van der Waals surface area (Å²) in [5, 5.41) is 17.7. The fourth-order valence-electron chi connectivity index (χ4n) is 3.13. The zero-order valence-electron chi connectivity index (χ0n) is 16.9. The van der Waals surface area contributed by atoms with Crippen LogP contribution >= 0.6 is 12.2 Å². The highest BCUT2D eigenvalue weighted by atomic mass is 32.1. The minimum absolute atomic E-state index is 0.184. The summed E-state index contributed by atoms with van der Waals surface area (Å²) in [6, 6.07) is 11.6. The first-order chi connectivity index (χ1) is 13.3. The number of nitrogens with one attached hydrogen (secondary N) is 1. The van der Waals surface area contributed by atoms with E-state index in [-0.39, 0.29) is 5.75 Å². The second-order valence-electron chi connectivity index (χ2n) is 7.27. The summed E-state index contributed by atoms with van der Waals surface area (Å²) in [6.45, 7) is 4.77. The lowest BCUT2D eigenvalue weighted by Gasteiger charge is -2.18. The van der Waals surface area contributed by atoms with Gasteiger partial charge in [-0.15, -0.1) is 0 Å². The third-order valence-corrected chi connectivity index (χ3v) is 5.06. The quantitative estimate of drug-likeness (QED) is 0.596. The lowest BCUT2D eigenvalue weighted by Crippen LogP contribution is -2.11. The fraction of sp³-hybridized carbons (Fsp3) is 0.333. The molecule has 0 radical (unpaired) electrons. The van der Waals surface area contributed by atoms with Gasteiger partial charge in [0.2, 0.25) is 0 Å². The number of rotatable bonds is 6. The van der Waals surface area contributed by atoms with Gasteiger partial charge in [-0.05, 0) is 53.5 Å². The summed E-state index contributed by atoms with van der Waals surface area (Å²) in [4.78, 5) is 2.01. The molecule has 0 saturated carbocycles. The molecule has 6 nitrogen and oxygen atoms in total. The Hall–Kier alpha value is -2.80. The van der Waals surface area contributed by atoms with Gasteiger partial charge in [0.05, 0.1) is 24.9 Å². The van der Waals surface area contributed by atoms with Crippen LogP contribution in [-0.2, 0) is 6.54 Å². The monoisotopic (exact) mass is 398 g/mol. The summed E-state index contributed by atoms with van der Waals surface area (Å²) in [5.74, 6) is 1.96. The summed E-state index contributed by atoms with van der Waals surface area (Å²) in [6.07, 6.45) is 0. The average Bonchev–Trinajstić information content (AvgIpc) is 3.02. The Morgan fingerprint density at radius 2 is 1.96 bits per heavy atom. The van der Waals surface area contributed by atoms with E-state index < -0.39 is 0 Å². The predicted octanol–water partition coefficient (Wildman–Crippen LogP) is 4.56. The first kappa shape index (κ1) is 19.9. The summed E-state index contributed by atoms with van der Waals surface area (Å²) in [5.41, 5.74) is 3.84. The molecule has 0 aliphatic carbocycles. The van der Waals surface area contributed by atoms with Gasteiger partial charge < -0.3 is 14.7 Å². The Balaban J connectivity index is 2.05. The zero-order chi connectivity index (χ0) is 20.4. The molecule has 0 spiro atoms. The predicted molar refractivity (Wildman–Crippen MR) is 115 cm³/mol. The van der Waals surface area contributed by atoms with Gasteiger partial charge in [0.15, 0.2) is 10.6 Å². The lowest BCUT2D eigenvalue weighted by molar-refractivity contribution is 0.415. The molecule has 1 aromatic heterocycles. The van der Waals surface area contributed by atoms with Crippen LogP contribution in [0.3, 0.4) is 0 Å². The van der Waals surface area contributed by atoms with Crippen molar-refractivity contribution in [1.82, 2.24) is 14.8 Å². The molecule has 0 unspecified atom stereocenters. The first-order valence-corrected chi connectivity index (χ1v) is 9.55. The molecule has 0 atom stereocenters. The van der Waals surface area contributed by atoms with E-state index in [4.69, 9.17) is 17.0 Å². The molecule has 3 rings (SSSR count). The number of phenols is 1. The number of hydrogen-bond donors (Lipinski definition) is 2. The van der Waals surface area contributed by atoms with Crippen molar-refractivity contribution in [3.8, 4) is 22.9 Å². The molecule has 7 heteroatoms. The number of aromatic amines is 1. The minimum Gasteiger partial charge on any atom is -0.507 e. The molecule has 0 fully saturated rings. The average molecular weight is 399 g/mol. The topological polar surface area (TPSA) is 66.3 Å². The number of anilines is 1. The normalized spacial score (nSPS) is 11.1. The molecule has 0 saturated heterocycles. The van der Waals surface area contributed by atoms with Crippen LogP contribution in [0, 0.1) is 4.77 Å². The molecule has 0 aliphatic heterocycles. The van der Waals surface area contributed by atoms with Crippen LogP contribution in [0.15, 0.2) is 36.4 Å². The second-order valence-corrected chi connectivity index (χ2v) is 7.66. The van der Waals surface area contributed by atoms with Gasteiger partial charge in [-0.25, -0.2) is 0 Å². The van der Waals surface area contributed by atoms with Crippen LogP contribution in [0.25, 0.3) is 11.4 Å². The van der Waals surface area contributed by atoms with Crippen molar-refractivity contribution in [2.75, 3.05) is 26.1 Å². The van der Waals surface area contributed by atoms with Gasteiger partial charge in [0.25, 0.3) is 0 Å². The van der Waals surface area contributed by atoms with E-state index in [1.807, 2.05) is 47.8 Å². The van der Waals surface area contributed by atoms with E-state index in [9.17, 15) is 5.11 Å². The number of benzene rings is 2. The third-order valence-electron chi connectivity index (χ3n) is 4.75. The number of nitrogens with zero attached hydrogens (tertiary/aromatic N) is 3. The maximum Gasteiger partial charge on any atom is 0.195 e. The maximum absolute atomic E-state index is 10.4. The van der Waals surface area contributed by atoms with E-state index in [1.54, 1.807) is 13.2 Å². The summed E-state index contributed by atoms with van der Waals surface area (Å²) >= 11 is 5.46. The highest BCUT2D eigenvalue weighted by Gasteiger charge is 2.16. The van der Waals surface area contributed by atoms with E-state index in [0.29, 0.717) is 28.6 Å². The summed E-state index contributed by atoms with van der Waals surface area (Å²) in [7, 11) is 5.62. The van der Waals surface area contributed by atoms with Crippen LogP contribution in [0.5, 0.6) is 11.5 Å². The molecule has 0 bridgehead atoms. The van der Waals surface area contributed by atoms with Crippen molar-refractivity contribution in [2.24, 2.45) is 0 Å². The molecular weight excluding hydrogens is 372 g/mol. The Morgan fingerprint density at radius 1 is 1.21 bits per heavy atom. The van der Waals surface area contributed by atoms with Gasteiger partial charge in [-0.3, -0.25) is 9.67 Å². The fourth-order valence-corrected chi connectivity index (χ4v) is 3.32. The minimum atomic E-state index is 0.184. The van der Waals surface area contributed by atoms with Crippen molar-refractivity contribution in [3.05, 3.63) is 52.3 Å². The number of aromatic hydroxyl groups is 1.